The molecule has 1 aromatic carbocycles. The van der Waals surface area contributed by atoms with E-state index < -0.39 is 16.5 Å². The van der Waals surface area contributed by atoms with Crippen LogP contribution < -0.4 is 5.32 Å². The topological polar surface area (TPSA) is 153 Å². The van der Waals surface area contributed by atoms with Gasteiger partial charge in [0.05, 0.1) is 11.0 Å². The standard InChI is InChI=1S/C9H9N3O2.H2O4S/c1-5-3-2-4-6-7(5)11-8(10-6)12-9(13)14;1-5(2,3)4/h2-4H,1H3,(H,13,14)(H2,10,11,12);(H2,1,2,3,4). The molecule has 0 bridgehead atoms. The van der Waals surface area contributed by atoms with Crippen molar-refractivity contribution < 1.29 is 27.4 Å². The average molecular weight is 289 g/mol. The lowest BCUT2D eigenvalue weighted by Gasteiger charge is -1.91. The minimum Gasteiger partial charge on any atom is -0.465 e. The van der Waals surface area contributed by atoms with Gasteiger partial charge in [-0.2, -0.15) is 8.42 Å². The Balaban J connectivity index is 0.000000312. The zero-order valence-electron chi connectivity index (χ0n) is 9.65. The molecule has 2 aromatic rings. The number of aromatic amines is 1. The number of para-hydroxylation sites is 1. The Bertz CT molecular complexity index is 685. The number of nitrogens with zero attached hydrogens (tertiary/aromatic N) is 1. The van der Waals surface area contributed by atoms with Gasteiger partial charge in [0.25, 0.3) is 0 Å². The summed E-state index contributed by atoms with van der Waals surface area (Å²) in [6.07, 6.45) is -1.12. The monoisotopic (exact) mass is 289 g/mol. The molecular weight excluding hydrogens is 278 g/mol. The molecule has 0 radical (unpaired) electrons. The number of hydrogen-bond donors (Lipinski definition) is 5. The summed E-state index contributed by atoms with van der Waals surface area (Å²) in [7, 11) is -4.67. The van der Waals surface area contributed by atoms with Crippen LogP contribution in [0.3, 0.4) is 0 Å². The Morgan fingerprint density at radius 1 is 1.37 bits per heavy atom. The van der Waals surface area contributed by atoms with Gasteiger partial charge in [0.1, 0.15) is 0 Å². The van der Waals surface area contributed by atoms with E-state index >= 15 is 0 Å². The van der Waals surface area contributed by atoms with Gasteiger partial charge in [-0.25, -0.2) is 9.78 Å². The molecule has 2 rings (SSSR count). The van der Waals surface area contributed by atoms with Gasteiger partial charge in [-0.3, -0.25) is 14.4 Å². The molecule has 0 saturated heterocycles. The van der Waals surface area contributed by atoms with Crippen LogP contribution in [0, 0.1) is 6.92 Å². The van der Waals surface area contributed by atoms with Gasteiger partial charge in [-0.1, -0.05) is 12.1 Å². The van der Waals surface area contributed by atoms with Crippen molar-refractivity contribution in [2.45, 2.75) is 6.92 Å². The molecule has 0 saturated carbocycles. The van der Waals surface area contributed by atoms with E-state index in [0.717, 1.165) is 16.6 Å². The van der Waals surface area contributed by atoms with Gasteiger partial charge in [-0.05, 0) is 18.6 Å². The summed E-state index contributed by atoms with van der Waals surface area (Å²) in [5.74, 6) is 0.252. The lowest BCUT2D eigenvalue weighted by molar-refractivity contribution is 0.209. The number of anilines is 1. The maximum absolute atomic E-state index is 10.4. The third kappa shape index (κ3) is 5.33. The fraction of sp³-hybridized carbons (Fsp3) is 0.111. The lowest BCUT2D eigenvalue weighted by Crippen LogP contribution is -2.08. The number of carboxylic acid groups (broad SMARTS) is 1. The molecule has 0 atom stereocenters. The molecule has 1 amide bonds. The summed E-state index contributed by atoms with van der Waals surface area (Å²) >= 11 is 0. The second-order valence-corrected chi connectivity index (χ2v) is 4.33. The predicted molar refractivity (Wildman–Crippen MR) is 66.7 cm³/mol. The van der Waals surface area contributed by atoms with Crippen LogP contribution in [0.1, 0.15) is 5.56 Å². The predicted octanol–water partition coefficient (Wildman–Crippen LogP) is 1.31. The molecule has 1 aromatic heterocycles. The normalized spacial score (nSPS) is 10.7. The third-order valence-electron chi connectivity index (χ3n) is 1.94. The molecule has 0 fully saturated rings. The lowest BCUT2D eigenvalue weighted by atomic mass is 10.2. The highest BCUT2D eigenvalue weighted by Crippen LogP contribution is 2.17. The average Bonchev–Trinajstić information content (AvgIpc) is 2.57. The van der Waals surface area contributed by atoms with Crippen LogP contribution in [0.2, 0.25) is 0 Å². The van der Waals surface area contributed by atoms with E-state index in [1.54, 1.807) is 0 Å². The highest BCUT2D eigenvalue weighted by molar-refractivity contribution is 7.79. The first-order chi connectivity index (χ1) is 8.66. The van der Waals surface area contributed by atoms with Crippen LogP contribution in [0.25, 0.3) is 11.0 Å². The number of fused-ring (bicyclic) bond motifs is 1. The molecule has 104 valence electrons. The van der Waals surface area contributed by atoms with E-state index in [1.165, 1.54) is 0 Å². The first kappa shape index (κ1) is 14.9. The van der Waals surface area contributed by atoms with Crippen molar-refractivity contribution in [2.75, 3.05) is 5.32 Å². The van der Waals surface area contributed by atoms with Crippen LogP contribution in [-0.2, 0) is 10.4 Å². The van der Waals surface area contributed by atoms with Crippen molar-refractivity contribution in [2.24, 2.45) is 0 Å². The number of aryl methyl sites for hydroxylation is 1. The Morgan fingerprint density at radius 3 is 2.42 bits per heavy atom. The van der Waals surface area contributed by atoms with Crippen LogP contribution >= 0.6 is 0 Å². The van der Waals surface area contributed by atoms with Crippen molar-refractivity contribution in [1.29, 1.82) is 0 Å². The number of carbonyl (C=O) groups is 1. The zero-order chi connectivity index (χ0) is 14.6. The fourth-order valence-electron chi connectivity index (χ4n) is 1.34. The molecule has 0 spiro atoms. The van der Waals surface area contributed by atoms with Crippen molar-refractivity contribution in [3.8, 4) is 0 Å². The van der Waals surface area contributed by atoms with Gasteiger partial charge >= 0.3 is 16.5 Å². The van der Waals surface area contributed by atoms with Crippen LogP contribution in [0.4, 0.5) is 10.7 Å². The molecule has 0 aliphatic heterocycles. The Morgan fingerprint density at radius 2 is 1.95 bits per heavy atom. The van der Waals surface area contributed by atoms with Crippen LogP contribution in [0.5, 0.6) is 0 Å². The highest BCUT2D eigenvalue weighted by atomic mass is 32.3. The second kappa shape index (κ2) is 5.65. The van der Waals surface area contributed by atoms with Crippen molar-refractivity contribution >= 4 is 33.5 Å². The summed E-state index contributed by atoms with van der Waals surface area (Å²) < 4.78 is 31.6. The number of imidazole rings is 1. The Labute approximate surface area is 107 Å². The molecular formula is C9H11N3O6S. The maximum Gasteiger partial charge on any atom is 0.411 e. The minimum atomic E-state index is -4.67. The molecule has 1 heterocycles. The van der Waals surface area contributed by atoms with Gasteiger partial charge in [-0.15, -0.1) is 0 Å². The molecule has 10 heteroatoms. The van der Waals surface area contributed by atoms with Crippen LogP contribution in [0.15, 0.2) is 18.2 Å². The summed E-state index contributed by atoms with van der Waals surface area (Å²) in [5.41, 5.74) is 2.63. The van der Waals surface area contributed by atoms with Gasteiger partial charge < -0.3 is 10.1 Å². The molecule has 19 heavy (non-hydrogen) atoms. The number of amides is 1. The van der Waals surface area contributed by atoms with E-state index in [4.69, 9.17) is 22.6 Å². The zero-order valence-corrected chi connectivity index (χ0v) is 10.5. The number of nitrogens with one attached hydrogen (secondary N) is 2. The highest BCUT2D eigenvalue weighted by Gasteiger charge is 2.05. The van der Waals surface area contributed by atoms with E-state index in [2.05, 4.69) is 15.3 Å². The largest absolute Gasteiger partial charge is 0.465 e. The van der Waals surface area contributed by atoms with E-state index in [-0.39, 0.29) is 5.95 Å². The fourth-order valence-corrected chi connectivity index (χ4v) is 1.34. The molecule has 9 nitrogen and oxygen atoms in total. The number of H-pyrrole nitrogens is 1. The summed E-state index contributed by atoms with van der Waals surface area (Å²) in [6.45, 7) is 1.92. The number of aromatic nitrogens is 2. The number of benzene rings is 1. The molecule has 0 aliphatic rings. The van der Waals surface area contributed by atoms with E-state index in [9.17, 15) is 4.79 Å². The van der Waals surface area contributed by atoms with Crippen LogP contribution in [-0.4, -0.2) is 38.7 Å². The smallest absolute Gasteiger partial charge is 0.411 e. The van der Waals surface area contributed by atoms with Gasteiger partial charge in [0.15, 0.2) is 0 Å². The summed E-state index contributed by atoms with van der Waals surface area (Å²) in [5, 5.41) is 10.7. The Kier molecular flexibility index (Phi) is 4.43. The summed E-state index contributed by atoms with van der Waals surface area (Å²) in [6, 6.07) is 5.66. The van der Waals surface area contributed by atoms with Crippen molar-refractivity contribution in [3.63, 3.8) is 0 Å². The molecule has 0 aliphatic carbocycles. The van der Waals surface area contributed by atoms with Gasteiger partial charge in [0, 0.05) is 0 Å². The SMILES string of the molecule is Cc1cccc2[nH]c(NC(=O)O)nc12.O=S(=O)(O)O. The number of hydrogen-bond acceptors (Lipinski definition) is 4. The first-order valence-electron chi connectivity index (χ1n) is 4.82. The molecule has 0 unspecified atom stereocenters. The van der Waals surface area contributed by atoms with Crippen molar-refractivity contribution in [1.82, 2.24) is 9.97 Å². The van der Waals surface area contributed by atoms with E-state index in [0.29, 0.717) is 0 Å². The Hall–Kier alpha value is -2.17. The molecule has 5 N–H and O–H groups in total. The third-order valence-corrected chi connectivity index (χ3v) is 1.94. The van der Waals surface area contributed by atoms with Gasteiger partial charge in [0.2, 0.25) is 5.95 Å². The quantitative estimate of drug-likeness (QED) is 0.496. The second-order valence-electron chi connectivity index (χ2n) is 3.43. The minimum absolute atomic E-state index is 0.252. The van der Waals surface area contributed by atoms with E-state index in [1.807, 2.05) is 25.1 Å². The van der Waals surface area contributed by atoms with Crippen molar-refractivity contribution in [3.05, 3.63) is 23.8 Å². The number of rotatable bonds is 1. The first-order valence-corrected chi connectivity index (χ1v) is 6.21. The summed E-state index contributed by atoms with van der Waals surface area (Å²) in [4.78, 5) is 17.3. The maximum atomic E-state index is 10.4.